The van der Waals surface area contributed by atoms with E-state index in [2.05, 4.69) is 6.92 Å². The monoisotopic (exact) mass is 299 g/mol. The van der Waals surface area contributed by atoms with E-state index in [0.29, 0.717) is 12.7 Å². The third-order valence-electron chi connectivity index (χ3n) is 2.61. The summed E-state index contributed by atoms with van der Waals surface area (Å²) < 4.78 is 7.76. The number of hydrogen-bond acceptors (Lipinski definition) is 2. The third kappa shape index (κ3) is 4.61. The molecule has 0 saturated heterocycles. The molecular weight excluding hydrogens is 279 g/mol. The molecule has 0 aromatic heterocycles. The molecule has 1 aliphatic carbocycles. The minimum absolute atomic E-state index is 0.106. The minimum atomic E-state index is 0.106. The molecule has 0 aromatic rings. The summed E-state index contributed by atoms with van der Waals surface area (Å²) in [4.78, 5) is 0. The fraction of sp³-hybridized carbons (Fsp3) is 1.00. The second-order valence-corrected chi connectivity index (χ2v) is 6.46. The quantitative estimate of drug-likeness (QED) is 0.385. The third-order valence-corrected chi connectivity index (χ3v) is 4.65. The molecule has 80 valence electrons. The molecule has 0 amide bonds. The fourth-order valence-electron chi connectivity index (χ4n) is 1.77. The van der Waals surface area contributed by atoms with Gasteiger partial charge in [0.25, 0.3) is 0 Å². The maximum absolute atomic E-state index is 8.63. The van der Waals surface area contributed by atoms with Gasteiger partial charge in [0, 0.05) is 0 Å². The van der Waals surface area contributed by atoms with Gasteiger partial charge < -0.3 is 0 Å². The fourth-order valence-corrected chi connectivity index (χ4v) is 3.14. The molecule has 0 aromatic carbocycles. The molecule has 1 fully saturated rings. The predicted octanol–water partition coefficient (Wildman–Crippen LogP) is -1.38. The van der Waals surface area contributed by atoms with Crippen molar-refractivity contribution in [2.45, 2.75) is 38.7 Å². The van der Waals surface area contributed by atoms with Gasteiger partial charge in [0.1, 0.15) is 0 Å². The molecule has 0 aliphatic heterocycles. The molecule has 2 nitrogen and oxygen atoms in total. The van der Waals surface area contributed by atoms with Crippen LogP contribution >= 0.6 is 0 Å². The Morgan fingerprint density at radius 3 is 2.85 bits per heavy atom. The summed E-state index contributed by atoms with van der Waals surface area (Å²) >= 11 is 0.106. The Balaban J connectivity index is 2.05. The Morgan fingerprint density at radius 2 is 2.15 bits per heavy atom. The van der Waals surface area contributed by atoms with Gasteiger partial charge in [-0.2, -0.15) is 0 Å². The Morgan fingerprint density at radius 1 is 1.38 bits per heavy atom. The molecule has 1 saturated carbocycles. The topological polar surface area (TPSA) is 29.5 Å². The van der Waals surface area contributed by atoms with Crippen molar-refractivity contribution in [1.82, 2.24) is 0 Å². The van der Waals surface area contributed by atoms with Crippen LogP contribution in [0.3, 0.4) is 0 Å². The van der Waals surface area contributed by atoms with Crippen molar-refractivity contribution >= 4 is 0 Å². The van der Waals surface area contributed by atoms with E-state index in [1.807, 2.05) is 0 Å². The van der Waals surface area contributed by atoms with Crippen LogP contribution in [0.25, 0.3) is 0 Å². The first-order valence-electron chi connectivity index (χ1n) is 5.10. The van der Waals surface area contributed by atoms with Gasteiger partial charge in [-0.25, -0.2) is 0 Å². The Hall–Kier alpha value is 0.650. The van der Waals surface area contributed by atoms with Crippen molar-refractivity contribution in [3.8, 4) is 0 Å². The van der Waals surface area contributed by atoms with Crippen LogP contribution in [0.2, 0.25) is 0 Å². The molecule has 1 N–H and O–H groups in total. The number of aliphatic hydroxyl groups is 1. The van der Waals surface area contributed by atoms with E-state index in [9.17, 15) is 0 Å². The molecule has 0 radical (unpaired) electrons. The van der Waals surface area contributed by atoms with Crippen LogP contribution in [0.1, 0.15) is 32.6 Å². The van der Waals surface area contributed by atoms with E-state index < -0.39 is 0 Å². The zero-order chi connectivity index (χ0) is 9.52. The number of alkyl halides is 2. The van der Waals surface area contributed by atoms with Crippen molar-refractivity contribution in [2.24, 2.45) is 5.92 Å². The van der Waals surface area contributed by atoms with Crippen LogP contribution in [0.4, 0.5) is 0 Å². The van der Waals surface area contributed by atoms with Gasteiger partial charge in [0.2, 0.25) is 0 Å². The zero-order valence-electron chi connectivity index (χ0n) is 8.34. The summed E-state index contributed by atoms with van der Waals surface area (Å²) in [6.07, 6.45) is 5.83. The number of hydrogen-bond donors (Lipinski definition) is 1. The molecule has 13 heavy (non-hydrogen) atoms. The zero-order valence-corrected chi connectivity index (χ0v) is 10.5. The SMILES string of the molecule is C[C@H]1CCCCC1OC[I-]CCO. The second kappa shape index (κ2) is 7.01. The Bertz CT molecular complexity index is 130. The standard InChI is InChI=1S/C10H20IO2/c1-9-4-2-3-5-10(9)13-8-11-6-7-12/h9-10,12H,2-8H2,1H3/q-1/t9-,10?/m0/s1. The first kappa shape index (κ1) is 11.7. The van der Waals surface area contributed by atoms with Gasteiger partial charge >= 0.3 is 91.3 Å². The van der Waals surface area contributed by atoms with E-state index >= 15 is 0 Å². The van der Waals surface area contributed by atoms with E-state index in [1.165, 1.54) is 25.7 Å². The summed E-state index contributed by atoms with van der Waals surface area (Å²) in [6, 6.07) is 0. The van der Waals surface area contributed by atoms with E-state index in [-0.39, 0.29) is 21.2 Å². The van der Waals surface area contributed by atoms with Gasteiger partial charge in [0.05, 0.1) is 0 Å². The molecule has 1 unspecified atom stereocenters. The number of halogens is 1. The van der Waals surface area contributed by atoms with Crippen LogP contribution in [-0.4, -0.2) is 26.9 Å². The molecule has 0 heterocycles. The average Bonchev–Trinajstić information content (AvgIpc) is 2.15. The van der Waals surface area contributed by atoms with Crippen LogP contribution < -0.4 is 21.2 Å². The number of aliphatic hydroxyl groups excluding tert-OH is 1. The van der Waals surface area contributed by atoms with Crippen molar-refractivity contribution in [1.29, 1.82) is 0 Å². The van der Waals surface area contributed by atoms with Gasteiger partial charge in [-0.1, -0.05) is 0 Å². The van der Waals surface area contributed by atoms with Crippen LogP contribution in [0.5, 0.6) is 0 Å². The Labute approximate surface area is 91.3 Å². The molecule has 3 heteroatoms. The van der Waals surface area contributed by atoms with E-state index in [4.69, 9.17) is 9.84 Å². The normalized spacial score (nSPS) is 29.4. The molecule has 1 rings (SSSR count). The molecule has 0 bridgehead atoms. The summed E-state index contributed by atoms with van der Waals surface area (Å²) in [5.41, 5.74) is 0. The van der Waals surface area contributed by atoms with E-state index in [1.54, 1.807) is 0 Å². The molecular formula is C10H20IO2-. The molecule has 1 aliphatic rings. The van der Waals surface area contributed by atoms with Crippen molar-refractivity contribution in [3.63, 3.8) is 0 Å². The predicted molar refractivity (Wildman–Crippen MR) is 49.3 cm³/mol. The second-order valence-electron chi connectivity index (χ2n) is 3.68. The van der Waals surface area contributed by atoms with Crippen molar-refractivity contribution in [2.75, 3.05) is 15.6 Å². The summed E-state index contributed by atoms with van der Waals surface area (Å²) in [6.45, 7) is 2.64. The van der Waals surface area contributed by atoms with Crippen LogP contribution in [0.15, 0.2) is 0 Å². The summed E-state index contributed by atoms with van der Waals surface area (Å²) in [5.74, 6) is 0.756. The van der Waals surface area contributed by atoms with Gasteiger partial charge in [-0.3, -0.25) is 0 Å². The Kier molecular flexibility index (Phi) is 6.32. The van der Waals surface area contributed by atoms with Crippen LogP contribution in [0, 0.1) is 5.92 Å². The number of ether oxygens (including phenoxy) is 1. The summed E-state index contributed by atoms with van der Waals surface area (Å²) in [7, 11) is 0. The van der Waals surface area contributed by atoms with Crippen molar-refractivity contribution < 1.29 is 31.0 Å². The maximum atomic E-state index is 8.63. The van der Waals surface area contributed by atoms with E-state index in [0.717, 1.165) is 15.0 Å². The molecule has 2 atom stereocenters. The average molecular weight is 299 g/mol. The van der Waals surface area contributed by atoms with Crippen molar-refractivity contribution in [3.05, 3.63) is 0 Å². The number of rotatable bonds is 5. The first-order valence-corrected chi connectivity index (χ1v) is 8.15. The first-order chi connectivity index (χ1) is 6.34. The van der Waals surface area contributed by atoms with Gasteiger partial charge in [0.15, 0.2) is 0 Å². The molecule has 0 spiro atoms. The summed E-state index contributed by atoms with van der Waals surface area (Å²) in [5, 5.41) is 8.63. The van der Waals surface area contributed by atoms with Gasteiger partial charge in [-0.15, -0.1) is 0 Å². The van der Waals surface area contributed by atoms with Gasteiger partial charge in [-0.05, 0) is 0 Å². The van der Waals surface area contributed by atoms with Crippen LogP contribution in [-0.2, 0) is 4.74 Å².